The number of likely N-dealkylation sites (N-methyl/N-ethyl adjacent to an activating group) is 1. The summed E-state index contributed by atoms with van der Waals surface area (Å²) in [6.45, 7) is 5.92. The van der Waals surface area contributed by atoms with Gasteiger partial charge in [0, 0.05) is 6.54 Å². The van der Waals surface area contributed by atoms with Gasteiger partial charge in [0.15, 0.2) is 0 Å². The maximum absolute atomic E-state index is 10.5. The number of rotatable bonds is 7. The lowest BCUT2D eigenvalue weighted by Gasteiger charge is -2.27. The molecule has 0 spiro atoms. The maximum Gasteiger partial charge on any atom is 0.320 e. The Morgan fingerprint density at radius 3 is 2.43 bits per heavy atom. The summed E-state index contributed by atoms with van der Waals surface area (Å²) in [6, 6.07) is -0.272. The van der Waals surface area contributed by atoms with Crippen molar-refractivity contribution in [2.45, 2.75) is 25.4 Å². The highest BCUT2D eigenvalue weighted by atomic mass is 32.2. The third-order valence-corrected chi connectivity index (χ3v) is 4.08. The van der Waals surface area contributed by atoms with E-state index in [9.17, 15) is 13.2 Å². The molecule has 1 aliphatic heterocycles. The van der Waals surface area contributed by atoms with E-state index in [0.29, 0.717) is 13.0 Å². The summed E-state index contributed by atoms with van der Waals surface area (Å²) < 4.78 is 29.6. The van der Waals surface area contributed by atoms with Crippen LogP contribution in [0.5, 0.6) is 0 Å². The Morgan fingerprint density at radius 2 is 2.04 bits per heavy atom. The van der Waals surface area contributed by atoms with E-state index in [4.69, 9.17) is 9.66 Å². The molecule has 0 saturated heterocycles. The van der Waals surface area contributed by atoms with Crippen molar-refractivity contribution in [1.82, 2.24) is 9.80 Å². The van der Waals surface area contributed by atoms with Gasteiger partial charge < -0.3 is 10.0 Å². The van der Waals surface area contributed by atoms with Crippen molar-refractivity contribution >= 4 is 16.1 Å². The number of carboxylic acid groups (broad SMARTS) is 1. The molecule has 0 aliphatic carbocycles. The first-order valence-electron chi connectivity index (χ1n) is 7.16. The summed E-state index contributed by atoms with van der Waals surface area (Å²) >= 11 is 0. The molecule has 23 heavy (non-hydrogen) atoms. The van der Waals surface area contributed by atoms with Crippen molar-refractivity contribution in [1.29, 1.82) is 0 Å². The largest absolute Gasteiger partial charge is 0.480 e. The normalized spacial score (nSPS) is 18.3. The van der Waals surface area contributed by atoms with E-state index in [0.717, 1.165) is 0 Å². The fraction of sp³-hybridized carbons (Fsp3) is 0.533. The van der Waals surface area contributed by atoms with Crippen molar-refractivity contribution in [3.63, 3.8) is 0 Å². The molecule has 2 atom stereocenters. The summed E-state index contributed by atoms with van der Waals surface area (Å²) in [5, 5.41) is 8.31. The predicted molar refractivity (Wildman–Crippen MR) is 90.8 cm³/mol. The highest BCUT2D eigenvalue weighted by molar-refractivity contribution is 7.85. The minimum atomic E-state index is -3.84. The Bertz CT molecular complexity index is 540. The highest BCUT2D eigenvalue weighted by Gasteiger charge is 2.12. The minimum absolute atomic E-state index is 0.108. The van der Waals surface area contributed by atoms with Gasteiger partial charge in [0.25, 0.3) is 10.1 Å². The van der Waals surface area contributed by atoms with Gasteiger partial charge >= 0.3 is 5.97 Å². The third kappa shape index (κ3) is 9.88. The van der Waals surface area contributed by atoms with Crippen LogP contribution in [0.4, 0.5) is 0 Å². The van der Waals surface area contributed by atoms with Crippen molar-refractivity contribution < 1.29 is 22.9 Å². The van der Waals surface area contributed by atoms with E-state index in [1.807, 2.05) is 29.3 Å². The van der Waals surface area contributed by atoms with Crippen LogP contribution in [0, 0.1) is 0 Å². The first kappa shape index (κ1) is 21.4. The fourth-order valence-electron chi connectivity index (χ4n) is 1.64. The first-order valence-corrected chi connectivity index (χ1v) is 8.77. The van der Waals surface area contributed by atoms with Crippen molar-refractivity contribution in [2.24, 2.45) is 0 Å². The fourth-order valence-corrected chi connectivity index (χ4v) is 2.13. The number of allylic oxidation sites excluding steroid dienone is 2. The third-order valence-electron chi connectivity index (χ3n) is 3.27. The Balaban J connectivity index is 0.000000515. The van der Waals surface area contributed by atoms with Crippen molar-refractivity contribution in [2.75, 3.05) is 26.4 Å². The van der Waals surface area contributed by atoms with Gasteiger partial charge in [-0.3, -0.25) is 14.2 Å². The van der Waals surface area contributed by atoms with E-state index in [1.54, 1.807) is 32.0 Å². The van der Waals surface area contributed by atoms with Crippen LogP contribution in [0.25, 0.3) is 0 Å². The minimum Gasteiger partial charge on any atom is -0.480 e. The van der Waals surface area contributed by atoms with Crippen molar-refractivity contribution in [3.05, 3.63) is 37.1 Å². The molecule has 0 aromatic carbocycles. The van der Waals surface area contributed by atoms with E-state index in [1.165, 1.54) is 0 Å². The van der Waals surface area contributed by atoms with Gasteiger partial charge in [-0.15, -0.1) is 6.58 Å². The van der Waals surface area contributed by atoms with Crippen LogP contribution >= 0.6 is 0 Å². The molecular weight excluding hydrogens is 320 g/mol. The molecule has 1 heterocycles. The topological polar surface area (TPSA) is 98.2 Å². The molecule has 0 aromatic heterocycles. The van der Waals surface area contributed by atoms with Crippen LogP contribution < -0.4 is 0 Å². The number of nitrogens with zero attached hydrogens (tertiary/aromatic N) is 2. The number of aliphatic carboxylic acids is 1. The summed E-state index contributed by atoms with van der Waals surface area (Å²) in [5.74, 6) is -0.986. The number of hydrogen-bond acceptors (Lipinski definition) is 5. The predicted octanol–water partition coefficient (Wildman–Crippen LogP) is 1.23. The first-order chi connectivity index (χ1) is 10.6. The van der Waals surface area contributed by atoms with Gasteiger partial charge in [-0.1, -0.05) is 18.2 Å². The Kier molecular flexibility index (Phi) is 9.47. The smallest absolute Gasteiger partial charge is 0.320 e. The lowest BCUT2D eigenvalue weighted by Crippen LogP contribution is -2.32. The van der Waals surface area contributed by atoms with Crippen molar-refractivity contribution in [3.8, 4) is 0 Å². The van der Waals surface area contributed by atoms with Crippen LogP contribution in [0.15, 0.2) is 37.1 Å². The maximum atomic E-state index is 10.5. The standard InChI is InChI=1S/C10H15NO3S.C5H11NO2/c1-2-10-6-3-4-7-11(10)8-5-9-15(12,13)14;1-4(5(7)8)6(2)3/h2-4,6-7,10H,1,5,8-9H2,(H,12,13,14);4H,1-3H3,(H,7,8). The Morgan fingerprint density at radius 1 is 1.43 bits per heavy atom. The number of carbonyl (C=O) groups is 1. The number of hydrogen-bond donors (Lipinski definition) is 2. The quantitative estimate of drug-likeness (QED) is 0.528. The molecule has 132 valence electrons. The zero-order chi connectivity index (χ0) is 18.0. The van der Waals surface area contributed by atoms with E-state index in [2.05, 4.69) is 6.58 Å². The zero-order valence-electron chi connectivity index (χ0n) is 13.8. The molecule has 7 nitrogen and oxygen atoms in total. The highest BCUT2D eigenvalue weighted by Crippen LogP contribution is 2.09. The van der Waals surface area contributed by atoms with Gasteiger partial charge in [0.1, 0.15) is 6.04 Å². The second-order valence-electron chi connectivity index (χ2n) is 5.31. The SMILES string of the molecule is C=CC1C=CC=CN1CCCS(=O)(=O)O.CC(C(=O)O)N(C)C. The molecule has 0 fully saturated rings. The average molecular weight is 346 g/mol. The summed E-state index contributed by atoms with van der Waals surface area (Å²) in [5.41, 5.74) is 0. The van der Waals surface area contributed by atoms with E-state index >= 15 is 0 Å². The second kappa shape index (κ2) is 10.2. The van der Waals surface area contributed by atoms with E-state index in [-0.39, 0.29) is 17.8 Å². The molecule has 0 bridgehead atoms. The molecule has 0 aromatic rings. The molecule has 2 N–H and O–H groups in total. The summed E-state index contributed by atoms with van der Waals surface area (Å²) in [7, 11) is -0.374. The monoisotopic (exact) mass is 346 g/mol. The van der Waals surface area contributed by atoms with Gasteiger partial charge in [-0.25, -0.2) is 0 Å². The van der Waals surface area contributed by atoms with Gasteiger partial charge in [0.2, 0.25) is 0 Å². The van der Waals surface area contributed by atoms with Crippen LogP contribution in [0.2, 0.25) is 0 Å². The Hall–Kier alpha value is -1.64. The molecule has 0 radical (unpaired) electrons. The average Bonchev–Trinajstić information content (AvgIpc) is 2.46. The van der Waals surface area contributed by atoms with Crippen LogP contribution in [0.3, 0.4) is 0 Å². The summed E-state index contributed by atoms with van der Waals surface area (Å²) in [6.07, 6.45) is 9.85. The second-order valence-corrected chi connectivity index (χ2v) is 6.88. The Labute approximate surface area is 138 Å². The van der Waals surface area contributed by atoms with E-state index < -0.39 is 16.1 Å². The molecule has 0 saturated carbocycles. The van der Waals surface area contributed by atoms with Crippen LogP contribution in [-0.4, -0.2) is 72.3 Å². The molecule has 1 aliphatic rings. The van der Waals surface area contributed by atoms with Gasteiger partial charge in [-0.2, -0.15) is 8.42 Å². The zero-order valence-corrected chi connectivity index (χ0v) is 14.6. The van der Waals surface area contributed by atoms with Crippen LogP contribution in [0.1, 0.15) is 13.3 Å². The van der Waals surface area contributed by atoms with Crippen LogP contribution in [-0.2, 0) is 14.9 Å². The summed E-state index contributed by atoms with van der Waals surface area (Å²) in [4.78, 5) is 13.7. The molecule has 1 rings (SSSR count). The van der Waals surface area contributed by atoms with Gasteiger partial charge in [0.05, 0.1) is 11.8 Å². The molecule has 0 amide bonds. The molecule has 8 heteroatoms. The molecular formula is C15H26N2O5S. The number of carboxylic acids is 1. The lowest BCUT2D eigenvalue weighted by atomic mass is 10.2. The molecule has 2 unspecified atom stereocenters. The lowest BCUT2D eigenvalue weighted by molar-refractivity contribution is -0.141. The van der Waals surface area contributed by atoms with Gasteiger partial charge in [-0.05, 0) is 39.7 Å².